The van der Waals surface area contributed by atoms with Crippen molar-refractivity contribution in [2.24, 2.45) is 0 Å². The zero-order valence-corrected chi connectivity index (χ0v) is 16.3. The molecular weight excluding hydrogens is 405 g/mol. The zero-order valence-electron chi connectivity index (χ0n) is 16.3. The van der Waals surface area contributed by atoms with Crippen LogP contribution in [0.2, 0.25) is 0 Å². The van der Waals surface area contributed by atoms with Crippen molar-refractivity contribution in [3.8, 4) is 33.6 Å². The summed E-state index contributed by atoms with van der Waals surface area (Å²) in [4.78, 5) is 27.3. The second-order valence-electron chi connectivity index (χ2n) is 6.83. The van der Waals surface area contributed by atoms with Crippen molar-refractivity contribution >= 4 is 6.29 Å². The predicted molar refractivity (Wildman–Crippen MR) is 109 cm³/mol. The molecule has 3 aromatic heterocycles. The second kappa shape index (κ2) is 8.06. The molecule has 4 rings (SSSR count). The topological polar surface area (TPSA) is 68.6 Å². The third-order valence-electron chi connectivity index (χ3n) is 4.73. The van der Waals surface area contributed by atoms with Crippen LogP contribution in [0.15, 0.2) is 67.3 Å². The van der Waals surface area contributed by atoms with Crippen LogP contribution in [0.4, 0.5) is 13.2 Å². The number of aldehydes is 1. The summed E-state index contributed by atoms with van der Waals surface area (Å²) in [7, 11) is 0. The molecule has 4 aromatic rings. The number of benzene rings is 1. The van der Waals surface area contributed by atoms with Crippen molar-refractivity contribution in [1.82, 2.24) is 19.9 Å². The Kier molecular flexibility index (Phi) is 5.29. The maximum absolute atomic E-state index is 13.0. The van der Waals surface area contributed by atoms with Crippen molar-refractivity contribution in [1.29, 1.82) is 0 Å². The van der Waals surface area contributed by atoms with Crippen LogP contribution in [-0.2, 0) is 6.18 Å². The second-order valence-corrected chi connectivity index (χ2v) is 6.83. The molecule has 5 nitrogen and oxygen atoms in total. The first kappa shape index (κ1) is 20.3. The summed E-state index contributed by atoms with van der Waals surface area (Å²) < 4.78 is 39.1. The highest BCUT2D eigenvalue weighted by molar-refractivity contribution is 5.77. The van der Waals surface area contributed by atoms with Crippen molar-refractivity contribution in [3.63, 3.8) is 0 Å². The number of nitrogens with zero attached hydrogens (tertiary/aromatic N) is 4. The number of pyridine rings is 2. The molecule has 0 aliphatic rings. The van der Waals surface area contributed by atoms with Gasteiger partial charge < -0.3 is 0 Å². The number of hydrogen-bond acceptors (Lipinski definition) is 5. The molecule has 154 valence electrons. The van der Waals surface area contributed by atoms with Crippen molar-refractivity contribution in [2.45, 2.75) is 13.1 Å². The van der Waals surface area contributed by atoms with Gasteiger partial charge >= 0.3 is 6.18 Å². The number of aromatic nitrogens is 4. The van der Waals surface area contributed by atoms with E-state index in [1.807, 2.05) is 13.0 Å². The average molecular weight is 420 g/mol. The van der Waals surface area contributed by atoms with E-state index in [1.54, 1.807) is 36.7 Å². The van der Waals surface area contributed by atoms with E-state index >= 15 is 0 Å². The molecule has 31 heavy (non-hydrogen) atoms. The quantitative estimate of drug-likeness (QED) is 0.413. The highest BCUT2D eigenvalue weighted by Gasteiger charge is 2.32. The number of alkyl halides is 3. The molecule has 0 amide bonds. The molecule has 0 radical (unpaired) electrons. The summed E-state index contributed by atoms with van der Waals surface area (Å²) in [6.45, 7) is 1.89. The van der Waals surface area contributed by atoms with E-state index in [9.17, 15) is 18.0 Å². The zero-order chi connectivity index (χ0) is 22.0. The SMILES string of the molecule is Cc1ccc(-c2ccnc(C(F)(F)F)c2)cc1-c1cncc(-c2ccnc(C=O)c2)n1. The van der Waals surface area contributed by atoms with Crippen LogP contribution in [-0.4, -0.2) is 26.2 Å². The number of halogens is 3. The molecule has 0 bridgehead atoms. The van der Waals surface area contributed by atoms with Gasteiger partial charge in [-0.05, 0) is 53.9 Å². The fourth-order valence-electron chi connectivity index (χ4n) is 3.15. The van der Waals surface area contributed by atoms with E-state index in [0.29, 0.717) is 34.4 Å². The molecule has 0 spiro atoms. The fourth-order valence-corrected chi connectivity index (χ4v) is 3.15. The van der Waals surface area contributed by atoms with Crippen LogP contribution in [0.3, 0.4) is 0 Å². The molecule has 0 aliphatic heterocycles. The summed E-state index contributed by atoms with van der Waals surface area (Å²) in [5, 5.41) is 0. The molecule has 0 saturated carbocycles. The minimum Gasteiger partial charge on any atom is -0.296 e. The Bertz CT molecular complexity index is 1270. The average Bonchev–Trinajstić information content (AvgIpc) is 2.79. The number of hydrogen-bond donors (Lipinski definition) is 0. The van der Waals surface area contributed by atoms with Crippen molar-refractivity contribution < 1.29 is 18.0 Å². The molecule has 0 saturated heterocycles. The van der Waals surface area contributed by atoms with E-state index < -0.39 is 11.9 Å². The van der Waals surface area contributed by atoms with Gasteiger partial charge in [0, 0.05) is 23.5 Å². The Hall–Kier alpha value is -3.94. The maximum atomic E-state index is 13.0. The first-order valence-corrected chi connectivity index (χ1v) is 9.23. The van der Waals surface area contributed by atoms with Gasteiger partial charge in [0.05, 0.1) is 23.8 Å². The monoisotopic (exact) mass is 420 g/mol. The van der Waals surface area contributed by atoms with E-state index in [0.717, 1.165) is 23.4 Å². The highest BCUT2D eigenvalue weighted by Crippen LogP contribution is 2.33. The Morgan fingerprint density at radius 1 is 0.839 bits per heavy atom. The number of rotatable bonds is 4. The number of carbonyl (C=O) groups is 1. The lowest BCUT2D eigenvalue weighted by Gasteiger charge is -2.11. The van der Waals surface area contributed by atoms with Crippen LogP contribution < -0.4 is 0 Å². The maximum Gasteiger partial charge on any atom is 0.433 e. The minimum atomic E-state index is -4.52. The number of aryl methyl sites for hydroxylation is 1. The van der Waals surface area contributed by atoms with Crippen LogP contribution in [0.1, 0.15) is 21.7 Å². The van der Waals surface area contributed by atoms with Crippen LogP contribution >= 0.6 is 0 Å². The summed E-state index contributed by atoms with van der Waals surface area (Å²) in [6, 6.07) is 11.2. The molecule has 8 heteroatoms. The lowest BCUT2D eigenvalue weighted by atomic mass is 9.98. The Labute approximate surface area is 175 Å². The molecule has 0 aliphatic carbocycles. The highest BCUT2D eigenvalue weighted by atomic mass is 19.4. The molecule has 1 aromatic carbocycles. The lowest BCUT2D eigenvalue weighted by Crippen LogP contribution is -2.07. The van der Waals surface area contributed by atoms with Gasteiger partial charge in [-0.1, -0.05) is 12.1 Å². The Morgan fingerprint density at radius 2 is 1.55 bits per heavy atom. The molecule has 3 heterocycles. The third kappa shape index (κ3) is 4.32. The smallest absolute Gasteiger partial charge is 0.296 e. The van der Waals surface area contributed by atoms with Gasteiger partial charge in [0.1, 0.15) is 11.4 Å². The van der Waals surface area contributed by atoms with Gasteiger partial charge in [-0.2, -0.15) is 13.2 Å². The van der Waals surface area contributed by atoms with Gasteiger partial charge in [-0.15, -0.1) is 0 Å². The summed E-state index contributed by atoms with van der Waals surface area (Å²) >= 11 is 0. The fraction of sp³-hybridized carbons (Fsp3) is 0.0870. The molecule has 0 unspecified atom stereocenters. The first-order chi connectivity index (χ1) is 14.8. The van der Waals surface area contributed by atoms with Gasteiger partial charge in [-0.25, -0.2) is 4.98 Å². The Morgan fingerprint density at radius 3 is 2.32 bits per heavy atom. The minimum absolute atomic E-state index is 0.279. The largest absolute Gasteiger partial charge is 0.433 e. The van der Waals surface area contributed by atoms with Crippen molar-refractivity contribution in [2.75, 3.05) is 0 Å². The third-order valence-corrected chi connectivity index (χ3v) is 4.73. The van der Waals surface area contributed by atoms with Gasteiger partial charge in [0.25, 0.3) is 0 Å². The number of carbonyl (C=O) groups excluding carboxylic acids is 1. The molecule has 0 atom stereocenters. The molecule has 0 N–H and O–H groups in total. The van der Waals surface area contributed by atoms with Crippen molar-refractivity contribution in [3.05, 3.63) is 84.2 Å². The van der Waals surface area contributed by atoms with Gasteiger partial charge in [0.15, 0.2) is 6.29 Å². The summed E-state index contributed by atoms with van der Waals surface area (Å²) in [5.74, 6) is 0. The van der Waals surface area contributed by atoms with E-state index in [4.69, 9.17) is 0 Å². The summed E-state index contributed by atoms with van der Waals surface area (Å²) in [6.07, 6.45) is 1.95. The van der Waals surface area contributed by atoms with Gasteiger partial charge in [0.2, 0.25) is 0 Å². The Balaban J connectivity index is 1.77. The van der Waals surface area contributed by atoms with E-state index in [-0.39, 0.29) is 5.69 Å². The van der Waals surface area contributed by atoms with E-state index in [2.05, 4.69) is 19.9 Å². The van der Waals surface area contributed by atoms with Crippen LogP contribution in [0.25, 0.3) is 33.6 Å². The summed E-state index contributed by atoms with van der Waals surface area (Å²) in [5.41, 5.74) is 3.76. The molecular formula is C23H15F3N4O. The lowest BCUT2D eigenvalue weighted by molar-refractivity contribution is -0.141. The first-order valence-electron chi connectivity index (χ1n) is 9.23. The standard InChI is InChI=1S/C23H15F3N4O/c1-14-2-3-15(16-4-7-29-22(10-16)23(24,25)26)9-19(14)21-12-27-11-20(30-21)17-5-6-28-18(8-17)13-31/h2-13H,1H3. The van der Waals surface area contributed by atoms with Gasteiger partial charge in [-0.3, -0.25) is 19.7 Å². The van der Waals surface area contributed by atoms with E-state index in [1.165, 1.54) is 12.3 Å². The van der Waals surface area contributed by atoms with Crippen LogP contribution in [0, 0.1) is 6.92 Å². The van der Waals surface area contributed by atoms with Crippen LogP contribution in [0.5, 0.6) is 0 Å². The normalized spacial score (nSPS) is 11.4. The predicted octanol–water partition coefficient (Wildman–Crippen LogP) is 5.41. The molecule has 0 fully saturated rings.